The molecule has 0 radical (unpaired) electrons. The van der Waals surface area contributed by atoms with E-state index in [1.54, 1.807) is 30.1 Å². The minimum atomic E-state index is -0.268. The first kappa shape index (κ1) is 23.3. The number of hydrogen-bond donors (Lipinski definition) is 0. The molecule has 174 valence electrons. The summed E-state index contributed by atoms with van der Waals surface area (Å²) in [6, 6.07) is 12.8. The molecule has 0 aliphatic heterocycles. The lowest BCUT2D eigenvalue weighted by molar-refractivity contribution is 0.442. The molecule has 4 nitrogen and oxygen atoms in total. The fourth-order valence-corrected chi connectivity index (χ4v) is 6.05. The summed E-state index contributed by atoms with van der Waals surface area (Å²) in [5, 5.41) is 2.12. The van der Waals surface area contributed by atoms with Crippen molar-refractivity contribution < 1.29 is 4.39 Å². The number of thioether (sulfide) groups is 1. The fraction of sp³-hybridized carbons (Fsp3) is 0.269. The van der Waals surface area contributed by atoms with E-state index in [-0.39, 0.29) is 11.2 Å². The van der Waals surface area contributed by atoms with E-state index in [2.05, 4.69) is 33.6 Å². The van der Waals surface area contributed by atoms with Crippen LogP contribution in [0.25, 0.3) is 5.69 Å². The van der Waals surface area contributed by atoms with Crippen LogP contribution < -0.4 is 0 Å². The molecule has 4 aromatic rings. The Balaban J connectivity index is 1.66. The smallest absolute Gasteiger partial charge is 0.173 e. The zero-order chi connectivity index (χ0) is 23.9. The van der Waals surface area contributed by atoms with Crippen LogP contribution in [-0.2, 0) is 17.6 Å². The number of hydrogen-bond acceptors (Lipinski definition) is 4. The van der Waals surface area contributed by atoms with Gasteiger partial charge in [-0.15, -0.1) is 0 Å². The Morgan fingerprint density at radius 1 is 1.12 bits per heavy atom. The number of halogens is 3. The maximum atomic E-state index is 13.8. The molecule has 2 aromatic heterocycles. The number of nitrogens with zero attached hydrogens (tertiary/aromatic N) is 4. The fourth-order valence-electron chi connectivity index (χ4n) is 4.68. The Kier molecular flexibility index (Phi) is 6.40. The van der Waals surface area contributed by atoms with Crippen molar-refractivity contribution in [3.63, 3.8) is 0 Å². The van der Waals surface area contributed by atoms with Crippen molar-refractivity contribution in [2.75, 3.05) is 0 Å². The van der Waals surface area contributed by atoms with Gasteiger partial charge in [0, 0.05) is 28.1 Å². The van der Waals surface area contributed by atoms with Crippen molar-refractivity contribution in [1.82, 2.24) is 19.5 Å². The summed E-state index contributed by atoms with van der Waals surface area (Å²) in [5.41, 5.74) is 5.83. The summed E-state index contributed by atoms with van der Waals surface area (Å²) in [4.78, 5) is 13.4. The van der Waals surface area contributed by atoms with E-state index < -0.39 is 0 Å². The largest absolute Gasteiger partial charge is 0.291 e. The maximum absolute atomic E-state index is 13.8. The second kappa shape index (κ2) is 9.33. The van der Waals surface area contributed by atoms with Crippen molar-refractivity contribution in [2.45, 2.75) is 49.4 Å². The Bertz CT molecular complexity index is 1360. The van der Waals surface area contributed by atoms with E-state index in [4.69, 9.17) is 28.2 Å². The lowest BCUT2D eigenvalue weighted by Gasteiger charge is -2.36. The molecule has 8 heteroatoms. The predicted octanol–water partition coefficient (Wildman–Crippen LogP) is 7.35. The van der Waals surface area contributed by atoms with Crippen LogP contribution in [-0.4, -0.2) is 19.5 Å². The number of imidazole rings is 1. The first-order chi connectivity index (χ1) is 16.4. The molecule has 0 amide bonds. The van der Waals surface area contributed by atoms with E-state index in [1.165, 1.54) is 24.0 Å². The van der Waals surface area contributed by atoms with Crippen LogP contribution >= 0.6 is 35.0 Å². The molecule has 5 rings (SSSR count). The molecule has 2 heterocycles. The molecule has 0 N–H and O–H groups in total. The summed E-state index contributed by atoms with van der Waals surface area (Å²) >= 11 is 14.2. The van der Waals surface area contributed by atoms with Gasteiger partial charge < -0.3 is 0 Å². The van der Waals surface area contributed by atoms with Gasteiger partial charge in [0.25, 0.3) is 0 Å². The Labute approximate surface area is 212 Å². The van der Waals surface area contributed by atoms with Gasteiger partial charge >= 0.3 is 0 Å². The summed E-state index contributed by atoms with van der Waals surface area (Å²) in [6.07, 6.45) is 6.01. The van der Waals surface area contributed by atoms with Gasteiger partial charge in [-0.2, -0.15) is 0 Å². The summed E-state index contributed by atoms with van der Waals surface area (Å²) in [6.45, 7) is 4.30. The minimum Gasteiger partial charge on any atom is -0.291 e. The van der Waals surface area contributed by atoms with Gasteiger partial charge in [0.2, 0.25) is 0 Å². The highest BCUT2D eigenvalue weighted by molar-refractivity contribution is 7.98. The first-order valence-corrected chi connectivity index (χ1v) is 12.8. The van der Waals surface area contributed by atoms with Crippen LogP contribution in [0.3, 0.4) is 0 Å². The third-order valence-corrected chi connectivity index (χ3v) is 8.18. The van der Waals surface area contributed by atoms with Gasteiger partial charge in [-0.1, -0.05) is 47.1 Å². The van der Waals surface area contributed by atoms with Gasteiger partial charge in [-0.05, 0) is 74.6 Å². The Morgan fingerprint density at radius 3 is 2.65 bits per heavy atom. The standard InChI is InChI=1S/C26H23Cl2FN4S/c1-16-12-17(5-10-20(16)27)26(2)11-3-4-22-24(26)33(19-8-6-18(29)7-9-19)25(32-22)34-14-23-21(28)13-30-15-31-23/h5-10,12-13,15H,3-4,11,14H2,1-2H3. The molecule has 34 heavy (non-hydrogen) atoms. The molecule has 0 saturated heterocycles. The predicted molar refractivity (Wildman–Crippen MR) is 136 cm³/mol. The molecule has 0 spiro atoms. The van der Waals surface area contributed by atoms with Crippen LogP contribution in [0.5, 0.6) is 0 Å². The average Bonchev–Trinajstić information content (AvgIpc) is 3.21. The average molecular weight is 513 g/mol. The van der Waals surface area contributed by atoms with Crippen LogP contribution in [0, 0.1) is 12.7 Å². The van der Waals surface area contributed by atoms with Gasteiger partial charge in [-0.3, -0.25) is 4.57 Å². The number of rotatable bonds is 5. The van der Waals surface area contributed by atoms with Crippen LogP contribution in [0.15, 0.2) is 60.1 Å². The highest BCUT2D eigenvalue weighted by atomic mass is 35.5. The van der Waals surface area contributed by atoms with Crippen molar-refractivity contribution in [3.8, 4) is 5.69 Å². The molecule has 0 fully saturated rings. The van der Waals surface area contributed by atoms with E-state index in [0.29, 0.717) is 10.8 Å². The summed E-state index contributed by atoms with van der Waals surface area (Å²) < 4.78 is 16.0. The topological polar surface area (TPSA) is 43.6 Å². The monoisotopic (exact) mass is 512 g/mol. The van der Waals surface area contributed by atoms with E-state index in [9.17, 15) is 4.39 Å². The normalized spacial score (nSPS) is 17.6. The van der Waals surface area contributed by atoms with Crippen LogP contribution in [0.2, 0.25) is 10.0 Å². The molecule has 1 aliphatic rings. The number of fused-ring (bicyclic) bond motifs is 1. The SMILES string of the molecule is Cc1cc(C2(C)CCCc3nc(SCc4ncncc4Cl)n(-c4ccc(F)cc4)c32)ccc1Cl. The highest BCUT2D eigenvalue weighted by Crippen LogP contribution is 2.46. The zero-order valence-electron chi connectivity index (χ0n) is 18.9. The second-order valence-corrected chi connectivity index (χ2v) is 10.5. The second-order valence-electron chi connectivity index (χ2n) is 8.76. The van der Waals surface area contributed by atoms with Crippen molar-refractivity contribution in [2.24, 2.45) is 0 Å². The molecule has 1 aliphatic carbocycles. The third kappa shape index (κ3) is 4.23. The van der Waals surface area contributed by atoms with Crippen LogP contribution in [0.4, 0.5) is 4.39 Å². The van der Waals surface area contributed by atoms with Gasteiger partial charge in [0.15, 0.2) is 5.16 Å². The Hall–Kier alpha value is -2.41. The minimum absolute atomic E-state index is 0.268. The molecule has 0 bridgehead atoms. The summed E-state index contributed by atoms with van der Waals surface area (Å²) in [7, 11) is 0. The van der Waals surface area contributed by atoms with Gasteiger partial charge in [-0.25, -0.2) is 19.3 Å². The summed E-state index contributed by atoms with van der Waals surface area (Å²) in [5.74, 6) is 0.283. The molecular formula is C26H23Cl2FN4S. The van der Waals surface area contributed by atoms with Crippen molar-refractivity contribution in [1.29, 1.82) is 0 Å². The number of benzene rings is 2. The lowest BCUT2D eigenvalue weighted by Crippen LogP contribution is -2.31. The molecule has 0 saturated carbocycles. The molecule has 2 aromatic carbocycles. The first-order valence-electron chi connectivity index (χ1n) is 11.1. The van der Waals surface area contributed by atoms with E-state index >= 15 is 0 Å². The maximum Gasteiger partial charge on any atom is 0.173 e. The lowest BCUT2D eigenvalue weighted by atomic mass is 9.71. The van der Waals surface area contributed by atoms with E-state index in [0.717, 1.165) is 57.8 Å². The quantitative estimate of drug-likeness (QED) is 0.262. The van der Waals surface area contributed by atoms with Gasteiger partial charge in [0.1, 0.15) is 12.1 Å². The number of aryl methyl sites for hydroxylation is 2. The highest BCUT2D eigenvalue weighted by Gasteiger charge is 2.39. The third-order valence-electron chi connectivity index (χ3n) is 6.49. The van der Waals surface area contributed by atoms with Crippen molar-refractivity contribution >= 4 is 35.0 Å². The van der Waals surface area contributed by atoms with E-state index in [1.807, 2.05) is 13.0 Å². The van der Waals surface area contributed by atoms with Crippen LogP contribution in [0.1, 0.15) is 48.0 Å². The zero-order valence-corrected chi connectivity index (χ0v) is 21.2. The Morgan fingerprint density at radius 2 is 1.91 bits per heavy atom. The molecule has 1 atom stereocenters. The number of aromatic nitrogens is 4. The molecule has 1 unspecified atom stereocenters. The van der Waals surface area contributed by atoms with Crippen molar-refractivity contribution in [3.05, 3.63) is 99.1 Å². The van der Waals surface area contributed by atoms with Gasteiger partial charge in [0.05, 0.1) is 22.1 Å². The molecular weight excluding hydrogens is 490 g/mol.